The van der Waals surface area contributed by atoms with Crippen molar-refractivity contribution in [1.82, 2.24) is 0 Å². The summed E-state index contributed by atoms with van der Waals surface area (Å²) in [5.41, 5.74) is 2.11. The van der Waals surface area contributed by atoms with Crippen molar-refractivity contribution in [2.24, 2.45) is 0 Å². The lowest BCUT2D eigenvalue weighted by Crippen LogP contribution is -2.09. The average molecular weight is 210 g/mol. The Bertz CT molecular complexity index is 341. The van der Waals surface area contributed by atoms with Gasteiger partial charge in [-0.2, -0.15) is 11.3 Å². The molecule has 0 saturated heterocycles. The number of aliphatic hydroxyl groups excluding tert-OH is 1. The molecule has 1 unspecified atom stereocenters. The van der Waals surface area contributed by atoms with E-state index in [0.29, 0.717) is 0 Å². The van der Waals surface area contributed by atoms with Crippen molar-refractivity contribution in [2.45, 2.75) is 25.9 Å². The molecule has 0 amide bonds. The summed E-state index contributed by atoms with van der Waals surface area (Å²) in [7, 11) is 0. The van der Waals surface area contributed by atoms with Crippen LogP contribution in [-0.2, 0) is 4.74 Å². The number of allylic oxidation sites excluding steroid dienone is 1. The van der Waals surface area contributed by atoms with Crippen LogP contribution in [0, 0.1) is 6.92 Å². The van der Waals surface area contributed by atoms with Gasteiger partial charge < -0.3 is 9.84 Å². The molecule has 3 heteroatoms. The third kappa shape index (κ3) is 1.83. The van der Waals surface area contributed by atoms with Crippen molar-refractivity contribution in [3.05, 3.63) is 33.7 Å². The molecule has 0 aromatic carbocycles. The number of rotatable bonds is 2. The summed E-state index contributed by atoms with van der Waals surface area (Å²) in [6.45, 7) is 2.74. The van der Waals surface area contributed by atoms with Crippen LogP contribution in [0.4, 0.5) is 0 Å². The zero-order chi connectivity index (χ0) is 9.97. The van der Waals surface area contributed by atoms with Crippen molar-refractivity contribution >= 4 is 11.3 Å². The molecule has 1 aliphatic heterocycles. The largest absolute Gasteiger partial charge is 0.495 e. The third-order valence-corrected chi connectivity index (χ3v) is 3.30. The number of aliphatic hydroxyl groups is 1. The fourth-order valence-corrected chi connectivity index (χ4v) is 2.44. The number of thiophene rings is 1. The molecule has 2 heterocycles. The molecule has 2 rings (SSSR count). The Kier molecular flexibility index (Phi) is 2.89. The molecule has 0 aliphatic carbocycles. The molecule has 0 radical (unpaired) electrons. The lowest BCUT2D eigenvalue weighted by Gasteiger charge is -2.19. The highest BCUT2D eigenvalue weighted by atomic mass is 32.1. The van der Waals surface area contributed by atoms with E-state index < -0.39 is 6.10 Å². The number of aryl methyl sites for hydroxylation is 1. The van der Waals surface area contributed by atoms with E-state index in [1.54, 1.807) is 11.3 Å². The second-order valence-electron chi connectivity index (χ2n) is 3.51. The number of hydrogen-bond donors (Lipinski definition) is 1. The van der Waals surface area contributed by atoms with E-state index in [2.05, 4.69) is 0 Å². The molecular weight excluding hydrogens is 196 g/mol. The molecule has 0 spiro atoms. The minimum absolute atomic E-state index is 0.568. The van der Waals surface area contributed by atoms with E-state index in [1.165, 1.54) is 0 Å². The van der Waals surface area contributed by atoms with Gasteiger partial charge in [-0.3, -0.25) is 0 Å². The second kappa shape index (κ2) is 4.15. The Labute approximate surface area is 87.8 Å². The van der Waals surface area contributed by atoms with Gasteiger partial charge in [-0.25, -0.2) is 0 Å². The predicted octanol–water partition coefficient (Wildman–Crippen LogP) is 2.78. The van der Waals surface area contributed by atoms with Gasteiger partial charge in [-0.05, 0) is 42.2 Å². The van der Waals surface area contributed by atoms with Crippen LogP contribution in [0.15, 0.2) is 22.6 Å². The predicted molar refractivity (Wildman–Crippen MR) is 57.3 cm³/mol. The van der Waals surface area contributed by atoms with Crippen LogP contribution in [0.5, 0.6) is 0 Å². The quantitative estimate of drug-likeness (QED) is 0.813. The first kappa shape index (κ1) is 9.74. The van der Waals surface area contributed by atoms with E-state index in [0.717, 1.165) is 36.3 Å². The third-order valence-electron chi connectivity index (χ3n) is 2.42. The fraction of sp³-hybridized carbons (Fsp3) is 0.455. The number of ether oxygens (including phenoxy) is 1. The summed E-state index contributed by atoms with van der Waals surface area (Å²) in [6.07, 6.45) is 3.49. The van der Waals surface area contributed by atoms with Crippen LogP contribution in [0.2, 0.25) is 0 Å². The second-order valence-corrected chi connectivity index (χ2v) is 4.25. The highest BCUT2D eigenvalue weighted by Crippen LogP contribution is 2.29. The first-order valence-corrected chi connectivity index (χ1v) is 5.77. The highest BCUT2D eigenvalue weighted by molar-refractivity contribution is 7.08. The molecule has 0 saturated carbocycles. The van der Waals surface area contributed by atoms with E-state index in [1.807, 2.05) is 23.8 Å². The summed E-state index contributed by atoms with van der Waals surface area (Å²) in [5.74, 6) is 0.720. The minimum atomic E-state index is -0.568. The maximum absolute atomic E-state index is 10.0. The summed E-state index contributed by atoms with van der Waals surface area (Å²) < 4.78 is 5.43. The van der Waals surface area contributed by atoms with Crippen molar-refractivity contribution in [3.8, 4) is 0 Å². The molecular formula is C11H14O2S. The lowest BCUT2D eigenvalue weighted by molar-refractivity contribution is 0.0917. The molecule has 1 N–H and O–H groups in total. The summed E-state index contributed by atoms with van der Waals surface area (Å²) in [4.78, 5) is 0. The Morgan fingerprint density at radius 2 is 2.36 bits per heavy atom. The van der Waals surface area contributed by atoms with Gasteiger partial charge in [0.1, 0.15) is 11.9 Å². The number of hydrogen-bond acceptors (Lipinski definition) is 3. The zero-order valence-electron chi connectivity index (χ0n) is 8.19. The molecule has 1 aliphatic rings. The van der Waals surface area contributed by atoms with Crippen LogP contribution < -0.4 is 0 Å². The van der Waals surface area contributed by atoms with Crippen molar-refractivity contribution < 1.29 is 9.84 Å². The minimum Gasteiger partial charge on any atom is -0.495 e. The van der Waals surface area contributed by atoms with Crippen molar-refractivity contribution in [3.63, 3.8) is 0 Å². The van der Waals surface area contributed by atoms with Crippen LogP contribution in [0.1, 0.15) is 30.1 Å². The van der Waals surface area contributed by atoms with Gasteiger partial charge in [0, 0.05) is 5.56 Å². The monoisotopic (exact) mass is 210 g/mol. The molecule has 1 aromatic heterocycles. The molecule has 1 aromatic rings. The van der Waals surface area contributed by atoms with E-state index in [4.69, 9.17) is 4.74 Å². The molecule has 14 heavy (non-hydrogen) atoms. The van der Waals surface area contributed by atoms with E-state index in [-0.39, 0.29) is 0 Å². The lowest BCUT2D eigenvalue weighted by atomic mass is 10.1. The Hall–Kier alpha value is -0.800. The molecule has 2 nitrogen and oxygen atoms in total. The first-order valence-electron chi connectivity index (χ1n) is 4.82. The maximum atomic E-state index is 10.0. The maximum Gasteiger partial charge on any atom is 0.137 e. The van der Waals surface area contributed by atoms with Crippen molar-refractivity contribution in [1.29, 1.82) is 0 Å². The van der Waals surface area contributed by atoms with Crippen molar-refractivity contribution in [2.75, 3.05) is 6.61 Å². The smallest absolute Gasteiger partial charge is 0.137 e. The zero-order valence-corrected chi connectivity index (χ0v) is 9.01. The first-order chi connectivity index (χ1) is 6.79. The van der Waals surface area contributed by atoms with Crippen LogP contribution in [-0.4, -0.2) is 11.7 Å². The van der Waals surface area contributed by atoms with Gasteiger partial charge in [0.25, 0.3) is 0 Å². The van der Waals surface area contributed by atoms with E-state index >= 15 is 0 Å². The average Bonchev–Trinajstić information content (AvgIpc) is 2.65. The Morgan fingerprint density at radius 3 is 2.93 bits per heavy atom. The molecule has 1 atom stereocenters. The standard InChI is InChI=1S/C11H14O2S/c1-8-6-14-7-9(8)11(12)10-4-2-3-5-13-10/h4,6-7,11-12H,2-3,5H2,1H3. The summed E-state index contributed by atoms with van der Waals surface area (Å²) in [6, 6.07) is 0. The summed E-state index contributed by atoms with van der Waals surface area (Å²) >= 11 is 1.62. The normalized spacial score (nSPS) is 18.6. The van der Waals surface area contributed by atoms with Gasteiger partial charge in [0.15, 0.2) is 0 Å². The van der Waals surface area contributed by atoms with Crippen LogP contribution >= 0.6 is 11.3 Å². The van der Waals surface area contributed by atoms with Gasteiger partial charge in [0.2, 0.25) is 0 Å². The Balaban J connectivity index is 2.19. The molecule has 0 bridgehead atoms. The van der Waals surface area contributed by atoms with Crippen LogP contribution in [0.3, 0.4) is 0 Å². The van der Waals surface area contributed by atoms with Gasteiger partial charge >= 0.3 is 0 Å². The topological polar surface area (TPSA) is 29.5 Å². The Morgan fingerprint density at radius 1 is 1.50 bits per heavy atom. The molecule has 76 valence electrons. The van der Waals surface area contributed by atoms with Gasteiger partial charge in [-0.1, -0.05) is 0 Å². The van der Waals surface area contributed by atoms with Gasteiger partial charge in [-0.15, -0.1) is 0 Å². The molecule has 0 fully saturated rings. The fourth-order valence-electron chi connectivity index (χ4n) is 1.57. The summed E-state index contributed by atoms with van der Waals surface area (Å²) in [5, 5.41) is 14.1. The van der Waals surface area contributed by atoms with E-state index in [9.17, 15) is 5.11 Å². The highest BCUT2D eigenvalue weighted by Gasteiger charge is 2.18. The van der Waals surface area contributed by atoms with Crippen LogP contribution in [0.25, 0.3) is 0 Å². The van der Waals surface area contributed by atoms with Gasteiger partial charge in [0.05, 0.1) is 6.61 Å². The SMILES string of the molecule is Cc1cscc1C(O)C1=CCCCO1.